The second kappa shape index (κ2) is 8.97. The Kier molecular flexibility index (Phi) is 6.28. The molecule has 0 aromatic heterocycles. The Balaban J connectivity index is 1.62. The molecule has 2 heterocycles. The molecule has 2 atom stereocenters. The summed E-state index contributed by atoms with van der Waals surface area (Å²) in [5.74, 6) is -0.781. The van der Waals surface area contributed by atoms with Crippen LogP contribution in [0.4, 0.5) is 4.39 Å². The van der Waals surface area contributed by atoms with Crippen molar-refractivity contribution >= 4 is 11.8 Å². The first-order valence-electron chi connectivity index (χ1n) is 10.5. The smallest absolute Gasteiger partial charge is 0.249 e. The van der Waals surface area contributed by atoms with Crippen LogP contribution >= 0.6 is 0 Å². The van der Waals surface area contributed by atoms with Crippen LogP contribution in [0.5, 0.6) is 0 Å². The second-order valence-electron chi connectivity index (χ2n) is 8.34. The summed E-state index contributed by atoms with van der Waals surface area (Å²) in [6.45, 7) is 0.447. The van der Waals surface area contributed by atoms with Crippen LogP contribution in [-0.2, 0) is 19.1 Å². The van der Waals surface area contributed by atoms with Gasteiger partial charge in [0, 0.05) is 33.2 Å². The Morgan fingerprint density at radius 1 is 1.03 bits per heavy atom. The number of ether oxygens (including phenoxy) is 2. The number of aliphatic hydroxyl groups excluding tert-OH is 1. The molecule has 2 fully saturated rings. The van der Waals surface area contributed by atoms with E-state index in [4.69, 9.17) is 9.47 Å². The fourth-order valence-corrected chi connectivity index (χ4v) is 5.16. The van der Waals surface area contributed by atoms with Gasteiger partial charge in [-0.25, -0.2) is 4.39 Å². The monoisotopic (exact) mass is 442 g/mol. The molecule has 4 rings (SSSR count). The van der Waals surface area contributed by atoms with Gasteiger partial charge < -0.3 is 24.4 Å². The zero-order valence-corrected chi connectivity index (χ0v) is 18.2. The van der Waals surface area contributed by atoms with Gasteiger partial charge in [-0.1, -0.05) is 36.4 Å². The number of aliphatic hydroxyl groups is 1. The van der Waals surface area contributed by atoms with E-state index in [1.54, 1.807) is 15.9 Å². The summed E-state index contributed by atoms with van der Waals surface area (Å²) in [4.78, 5) is 28.4. The fourth-order valence-electron chi connectivity index (χ4n) is 5.16. The molecule has 0 bridgehead atoms. The van der Waals surface area contributed by atoms with E-state index in [-0.39, 0.29) is 43.4 Å². The number of likely N-dealkylation sites (tertiary alicyclic amines) is 2. The van der Waals surface area contributed by atoms with Crippen LogP contribution in [0.25, 0.3) is 11.1 Å². The van der Waals surface area contributed by atoms with E-state index in [1.165, 1.54) is 26.4 Å². The summed E-state index contributed by atoms with van der Waals surface area (Å²) in [6, 6.07) is 13.7. The van der Waals surface area contributed by atoms with Crippen LogP contribution < -0.4 is 0 Å². The summed E-state index contributed by atoms with van der Waals surface area (Å²) < 4.78 is 23.6. The summed E-state index contributed by atoms with van der Waals surface area (Å²) in [5.41, 5.74) is 2.02. The average molecular weight is 442 g/mol. The number of rotatable bonds is 7. The van der Waals surface area contributed by atoms with E-state index >= 15 is 0 Å². The quantitative estimate of drug-likeness (QED) is 0.706. The third kappa shape index (κ3) is 3.68. The number of benzene rings is 2. The van der Waals surface area contributed by atoms with Crippen molar-refractivity contribution in [3.63, 3.8) is 0 Å². The molecule has 2 aromatic carbocycles. The fraction of sp³-hybridized carbons (Fsp3) is 0.417. The van der Waals surface area contributed by atoms with E-state index in [1.807, 2.05) is 30.3 Å². The third-order valence-corrected chi connectivity index (χ3v) is 6.48. The number of amides is 2. The lowest BCUT2D eigenvalue weighted by molar-refractivity contribution is -0.206. The van der Waals surface area contributed by atoms with E-state index in [0.717, 1.165) is 16.7 Å². The molecule has 1 N–H and O–H groups in total. The van der Waals surface area contributed by atoms with Crippen molar-refractivity contribution in [1.82, 2.24) is 9.80 Å². The van der Waals surface area contributed by atoms with Crippen LogP contribution in [0.3, 0.4) is 0 Å². The molecule has 170 valence electrons. The average Bonchev–Trinajstić information content (AvgIpc) is 2.73. The molecule has 2 amide bonds. The maximum absolute atomic E-state index is 13.6. The van der Waals surface area contributed by atoms with Crippen molar-refractivity contribution in [2.45, 2.75) is 17.5 Å². The van der Waals surface area contributed by atoms with Gasteiger partial charge in [0.2, 0.25) is 11.8 Å². The highest BCUT2D eigenvalue weighted by atomic mass is 19.1. The molecule has 2 saturated heterocycles. The van der Waals surface area contributed by atoms with Gasteiger partial charge >= 0.3 is 0 Å². The number of hydrogen-bond acceptors (Lipinski definition) is 5. The normalized spacial score (nSPS) is 21.2. The molecule has 7 nitrogen and oxygen atoms in total. The van der Waals surface area contributed by atoms with Crippen molar-refractivity contribution in [2.24, 2.45) is 0 Å². The number of hydrogen-bond donors (Lipinski definition) is 1. The molecule has 0 unspecified atom stereocenters. The standard InChI is InChI=1S/C24H27FN2O5/c1-31-12-21(29)26-14-24(15-26)23(20(11-28)27(24)22(30)13-32-2)17-8-6-16(7-9-17)18-4-3-5-19(25)10-18/h3-10,20,23,28H,11-15H2,1-2H3/t20-,23+/m0/s1. The molecule has 0 saturated carbocycles. The Bertz CT molecular complexity index is 990. The lowest BCUT2D eigenvalue weighted by Gasteiger charge is -2.70. The molecule has 32 heavy (non-hydrogen) atoms. The third-order valence-electron chi connectivity index (χ3n) is 6.48. The van der Waals surface area contributed by atoms with Crippen LogP contribution in [0.2, 0.25) is 0 Å². The number of halogens is 1. The minimum absolute atomic E-state index is 0.0154. The van der Waals surface area contributed by atoms with Crippen molar-refractivity contribution in [2.75, 3.05) is 47.1 Å². The van der Waals surface area contributed by atoms with Crippen LogP contribution in [0.15, 0.2) is 48.5 Å². The minimum Gasteiger partial charge on any atom is -0.394 e. The summed E-state index contributed by atoms with van der Waals surface area (Å²) >= 11 is 0. The van der Waals surface area contributed by atoms with E-state index < -0.39 is 11.6 Å². The molecule has 2 aromatic rings. The summed E-state index contributed by atoms with van der Waals surface area (Å²) in [5, 5.41) is 10.1. The van der Waals surface area contributed by atoms with Crippen molar-refractivity contribution < 1.29 is 28.6 Å². The van der Waals surface area contributed by atoms with Gasteiger partial charge in [0.15, 0.2) is 0 Å². The highest BCUT2D eigenvalue weighted by Gasteiger charge is 2.67. The zero-order chi connectivity index (χ0) is 22.9. The van der Waals surface area contributed by atoms with Gasteiger partial charge in [-0.05, 0) is 28.8 Å². The van der Waals surface area contributed by atoms with E-state index in [2.05, 4.69) is 0 Å². The molecule has 1 spiro atoms. The Hall–Kier alpha value is -2.81. The number of carbonyl (C=O) groups is 2. The summed E-state index contributed by atoms with van der Waals surface area (Å²) in [6.07, 6.45) is 0. The van der Waals surface area contributed by atoms with Crippen molar-refractivity contribution in [3.05, 3.63) is 59.9 Å². The Morgan fingerprint density at radius 2 is 1.69 bits per heavy atom. The second-order valence-corrected chi connectivity index (χ2v) is 8.34. The molecular weight excluding hydrogens is 415 g/mol. The van der Waals surface area contributed by atoms with Gasteiger partial charge in [-0.3, -0.25) is 9.59 Å². The minimum atomic E-state index is -0.590. The highest BCUT2D eigenvalue weighted by molar-refractivity contribution is 5.84. The van der Waals surface area contributed by atoms with E-state index in [0.29, 0.717) is 13.1 Å². The first-order valence-corrected chi connectivity index (χ1v) is 10.5. The number of nitrogens with zero attached hydrogens (tertiary/aromatic N) is 2. The maximum atomic E-state index is 13.6. The molecule has 8 heteroatoms. The summed E-state index contributed by atoms with van der Waals surface area (Å²) in [7, 11) is 2.92. The van der Waals surface area contributed by atoms with Crippen molar-refractivity contribution in [3.8, 4) is 11.1 Å². The molecule has 0 aliphatic carbocycles. The number of methoxy groups -OCH3 is 2. The lowest BCUT2D eigenvalue weighted by atomic mass is 9.60. The van der Waals surface area contributed by atoms with E-state index in [9.17, 15) is 19.1 Å². The van der Waals surface area contributed by atoms with Gasteiger partial charge in [0.05, 0.1) is 18.2 Å². The maximum Gasteiger partial charge on any atom is 0.249 e. The van der Waals surface area contributed by atoms with Crippen LogP contribution in [0.1, 0.15) is 11.5 Å². The largest absolute Gasteiger partial charge is 0.394 e. The topological polar surface area (TPSA) is 79.3 Å². The first kappa shape index (κ1) is 22.4. The highest BCUT2D eigenvalue weighted by Crippen LogP contribution is 2.54. The Labute approximate surface area is 186 Å². The van der Waals surface area contributed by atoms with Crippen molar-refractivity contribution in [1.29, 1.82) is 0 Å². The zero-order valence-electron chi connectivity index (χ0n) is 18.2. The predicted molar refractivity (Wildman–Crippen MR) is 115 cm³/mol. The van der Waals surface area contributed by atoms with Gasteiger partial charge in [0.1, 0.15) is 19.0 Å². The molecule has 2 aliphatic heterocycles. The van der Waals surface area contributed by atoms with Gasteiger partial charge in [0.25, 0.3) is 0 Å². The molecule has 2 aliphatic rings. The first-order chi connectivity index (χ1) is 15.4. The van der Waals surface area contributed by atoms with Crippen LogP contribution in [0, 0.1) is 5.82 Å². The predicted octanol–water partition coefficient (Wildman–Crippen LogP) is 1.65. The molecular formula is C24H27FN2O5. The molecule has 0 radical (unpaired) electrons. The Morgan fingerprint density at radius 3 is 2.28 bits per heavy atom. The lowest BCUT2D eigenvalue weighted by Crippen LogP contribution is -2.86. The SMILES string of the molecule is COCC(=O)N1CC2(C1)[C@H](c1ccc(-c3cccc(F)c3)cc1)[C@H](CO)N2C(=O)COC. The number of carbonyl (C=O) groups excluding carboxylic acids is 2. The van der Waals surface area contributed by atoms with Crippen LogP contribution in [-0.4, -0.2) is 85.4 Å². The van der Waals surface area contributed by atoms with Gasteiger partial charge in [-0.15, -0.1) is 0 Å². The van der Waals surface area contributed by atoms with Gasteiger partial charge in [-0.2, -0.15) is 0 Å².